The number of aliphatic hydroxyl groups excluding tert-OH is 1. The average Bonchev–Trinajstić information content (AvgIpc) is 1.61. The van der Waals surface area contributed by atoms with Crippen molar-refractivity contribution < 1.29 is 104 Å². The molecule has 3 N–H and O–H groups in total. The van der Waals surface area contributed by atoms with Crippen LogP contribution in [0.1, 0.15) is 55.5 Å². The third-order valence-electron chi connectivity index (χ3n) is 16.4. The van der Waals surface area contributed by atoms with Gasteiger partial charge in [-0.25, -0.2) is 42.9 Å². The van der Waals surface area contributed by atoms with Gasteiger partial charge >= 0.3 is 53.5 Å². The first kappa shape index (κ1) is 87.5. The fourth-order valence-corrected chi connectivity index (χ4v) is 11.9. The molecule has 6 atom stereocenters. The van der Waals surface area contributed by atoms with Gasteiger partial charge in [0.25, 0.3) is 11.4 Å². The zero-order valence-corrected chi connectivity index (χ0v) is 65.6. The lowest BCUT2D eigenvalue weighted by Crippen LogP contribution is -2.45. The minimum atomic E-state index is -4.27. The van der Waals surface area contributed by atoms with Crippen LogP contribution in [0.25, 0.3) is 22.5 Å². The highest BCUT2D eigenvalue weighted by molar-refractivity contribution is 6.43. The van der Waals surface area contributed by atoms with E-state index in [1.165, 1.54) is 103 Å². The zero-order chi connectivity index (χ0) is 85.8. The number of hydrogen-bond acceptors (Lipinski definition) is 30. The summed E-state index contributed by atoms with van der Waals surface area (Å²) in [5.74, 6) is -12.2. The number of nitrogens with one attached hydrogen (secondary N) is 2. The van der Waals surface area contributed by atoms with Crippen molar-refractivity contribution in [1.82, 2.24) is 59.1 Å². The number of amides is 2. The predicted octanol–water partition coefficient (Wildman–Crippen LogP) is 12.1. The van der Waals surface area contributed by atoms with Gasteiger partial charge in [-0.05, 0) is 79.4 Å². The van der Waals surface area contributed by atoms with Crippen LogP contribution >= 0.6 is 69.6 Å². The van der Waals surface area contributed by atoms with Gasteiger partial charge in [-0.2, -0.15) is 37.5 Å². The first-order valence-corrected chi connectivity index (χ1v) is 36.5. The van der Waals surface area contributed by atoms with Crippen molar-refractivity contribution >= 4 is 123 Å². The molecule has 2 aliphatic rings. The Morgan fingerprint density at radius 2 is 0.950 bits per heavy atom. The third kappa shape index (κ3) is 22.5. The van der Waals surface area contributed by atoms with E-state index < -0.39 is 144 Å². The van der Waals surface area contributed by atoms with E-state index in [0.29, 0.717) is 20.3 Å². The van der Waals surface area contributed by atoms with Crippen molar-refractivity contribution in [3.8, 4) is 34.3 Å². The lowest BCUT2D eigenvalue weighted by molar-refractivity contribution is -0.385. The number of halogens is 10. The van der Waals surface area contributed by atoms with Crippen molar-refractivity contribution in [2.75, 3.05) is 37.1 Å². The van der Waals surface area contributed by atoms with Gasteiger partial charge in [0.15, 0.2) is 41.3 Å². The molecule has 2 amide bonds. The van der Waals surface area contributed by atoms with Gasteiger partial charge in [-0.15, -0.1) is 10.2 Å². The lowest BCUT2D eigenvalue weighted by Gasteiger charge is -2.26. The number of rotatable bonds is 27. The number of ether oxygens (including phenoxy) is 10. The number of nitro groups is 2. The highest BCUT2D eigenvalue weighted by Gasteiger charge is 2.64. The molecule has 48 heteroatoms. The number of benzene rings is 4. The van der Waals surface area contributed by atoms with E-state index in [0.717, 1.165) is 23.5 Å². The van der Waals surface area contributed by atoms with Crippen molar-refractivity contribution in [2.24, 2.45) is 0 Å². The van der Waals surface area contributed by atoms with E-state index in [-0.39, 0.29) is 102 Å². The minimum Gasteiger partial charge on any atom is -0.465 e. The van der Waals surface area contributed by atoms with Crippen LogP contribution in [0.3, 0.4) is 0 Å². The molecule has 2 aliphatic heterocycles. The number of carbonyl (C=O) groups excluding carboxylic acids is 5. The van der Waals surface area contributed by atoms with Crippen LogP contribution in [0.15, 0.2) is 156 Å². The topological polar surface area (TPSA) is 465 Å². The first-order chi connectivity index (χ1) is 56.5. The molecule has 2 fully saturated rings. The summed E-state index contributed by atoms with van der Waals surface area (Å²) in [4.78, 5) is 127. The average molecular weight is 1780 g/mol. The number of nitrogens with zero attached hydrogens (tertiary/aromatic N) is 14. The molecule has 0 saturated carbocycles. The smallest absolute Gasteiger partial charge is 0.465 e. The SMILES string of the molecule is CC(C)(C)OC(=O)OC1C(COC(=O)COc2nc(Cl)c(Cl)cc2Cl)O[C@@H](n2cc(-c3cn(Cc4ccccc4)nn3)c(NC(=O)OCc3ccc([N+](=O)[O-])cc3)nc2=O)C1(F)F.O=C(COc1nc(Cl)c(Cl)cc1Cl)OCC1O[C@@H](n2cc(-c3cn(Cc4ccccc4)nn3)c(NC(=O)OCc3ccc([N+](=O)[O-])cc3)nc2=O)C(F)(F)C1O. The Hall–Kier alpha value is -12.3. The molecule has 6 aromatic heterocycles. The molecule has 10 aromatic rings. The van der Waals surface area contributed by atoms with Gasteiger partial charge in [-0.3, -0.25) is 40.0 Å². The molecule has 12 rings (SSSR count). The van der Waals surface area contributed by atoms with Crippen LogP contribution in [-0.2, 0) is 73.8 Å². The Morgan fingerprint density at radius 1 is 0.546 bits per heavy atom. The van der Waals surface area contributed by atoms with E-state index in [1.54, 1.807) is 24.3 Å². The second kappa shape index (κ2) is 38.0. The quantitative estimate of drug-likeness (QED) is 0.0107. The largest absolute Gasteiger partial charge is 0.509 e. The van der Waals surface area contributed by atoms with E-state index in [2.05, 4.69) is 51.2 Å². The summed E-state index contributed by atoms with van der Waals surface area (Å²) in [7, 11) is 0. The second-order valence-electron chi connectivity index (χ2n) is 26.1. The summed E-state index contributed by atoms with van der Waals surface area (Å²) >= 11 is 35.4. The number of non-ortho nitro benzene ring substituents is 2. The normalized spacial score (nSPS) is 17.0. The van der Waals surface area contributed by atoms with E-state index >= 15 is 17.6 Å². The summed E-state index contributed by atoms with van der Waals surface area (Å²) in [5.41, 5.74) is -2.44. The van der Waals surface area contributed by atoms with Gasteiger partial charge in [0.05, 0.1) is 56.5 Å². The van der Waals surface area contributed by atoms with Crippen LogP contribution in [-0.4, -0.2) is 173 Å². The van der Waals surface area contributed by atoms with Crippen molar-refractivity contribution in [2.45, 2.75) is 101 Å². The molecule has 624 valence electrons. The van der Waals surface area contributed by atoms with E-state index in [1.807, 2.05) is 36.4 Å². The molecule has 0 aliphatic carbocycles. The van der Waals surface area contributed by atoms with Crippen molar-refractivity contribution in [1.29, 1.82) is 0 Å². The Morgan fingerprint density at radius 3 is 1.36 bits per heavy atom. The van der Waals surface area contributed by atoms with Crippen molar-refractivity contribution in [3.05, 3.63) is 240 Å². The molecule has 0 spiro atoms. The number of pyridine rings is 2. The van der Waals surface area contributed by atoms with Gasteiger partial charge < -0.3 is 52.5 Å². The minimum absolute atomic E-state index is 0.00237. The Balaban J connectivity index is 0.000000235. The molecule has 0 bridgehead atoms. The number of esters is 2. The Kier molecular flexibility index (Phi) is 27.9. The molecular formula is C71H58Cl6F4N16O22. The fourth-order valence-electron chi connectivity index (χ4n) is 10.8. The van der Waals surface area contributed by atoms with Crippen LogP contribution in [0.5, 0.6) is 11.8 Å². The summed E-state index contributed by atoms with van der Waals surface area (Å²) in [6.45, 7) is 0.567. The number of carbonyl (C=O) groups is 5. The molecular weight excluding hydrogens is 1720 g/mol. The maximum atomic E-state index is 16.6. The Labute approximate surface area is 694 Å². The molecule has 4 unspecified atom stereocenters. The summed E-state index contributed by atoms with van der Waals surface area (Å²) < 4.78 is 120. The lowest BCUT2D eigenvalue weighted by atomic mass is 10.1. The summed E-state index contributed by atoms with van der Waals surface area (Å²) in [6.07, 6.45) is -13.3. The van der Waals surface area contributed by atoms with Crippen LogP contribution < -0.4 is 31.5 Å². The number of nitro benzene ring substituents is 2. The molecule has 2 saturated heterocycles. The highest BCUT2D eigenvalue weighted by Crippen LogP contribution is 2.46. The van der Waals surface area contributed by atoms with Crippen LogP contribution in [0.2, 0.25) is 30.4 Å². The number of alkyl halides is 4. The maximum absolute atomic E-state index is 16.6. The van der Waals surface area contributed by atoms with Gasteiger partial charge in [-0.1, -0.05) is 141 Å². The molecule has 4 aromatic carbocycles. The monoisotopic (exact) mass is 1770 g/mol. The van der Waals surface area contributed by atoms with Crippen molar-refractivity contribution in [3.63, 3.8) is 0 Å². The predicted molar refractivity (Wildman–Crippen MR) is 406 cm³/mol. The molecule has 38 nitrogen and oxygen atoms in total. The van der Waals surface area contributed by atoms with Crippen LogP contribution in [0.4, 0.5) is 55.0 Å². The Bertz CT molecular complexity index is 5550. The first-order valence-electron chi connectivity index (χ1n) is 34.2. The third-order valence-corrected chi connectivity index (χ3v) is 18.3. The van der Waals surface area contributed by atoms with Gasteiger partial charge in [0, 0.05) is 36.7 Å². The number of anilines is 2. The molecule has 119 heavy (non-hydrogen) atoms. The van der Waals surface area contributed by atoms with Crippen LogP contribution in [0, 0.1) is 20.2 Å². The molecule has 8 heterocycles. The number of aliphatic hydroxyl groups is 1. The fraction of sp³-hybridized carbons (Fsp3) is 0.282. The van der Waals surface area contributed by atoms with E-state index in [4.69, 9.17) is 117 Å². The second-order valence-corrected chi connectivity index (χ2v) is 28.4. The highest BCUT2D eigenvalue weighted by atomic mass is 35.5. The van der Waals surface area contributed by atoms with Gasteiger partial charge in [0.2, 0.25) is 30.3 Å². The molecule has 0 radical (unpaired) electrons. The standard InChI is InChI=1S/C38H33Cl3F2N8O12.C33H25Cl3F2N8O10/c1-37(2,3)63-36(55)62-29-27(18-58-28(52)19-59-32-25(40)13-24(39)30(41)44-32)61-33(38(29,42)43)50-15-23(26-16-49(48-47-26)14-20-7-5-4-6-8-20)31(45-34(50)53)46-35(54)60-17-21-9-11-22(12-10-21)51(56)57;34-21-10-22(35)29(39-27(21)36)54-16-25(47)53-15-24-26(48)33(37,38)30(56-24)45-12-20(23-13-44(43-42-23)11-17-4-2-1-3-5-17)28(40-31(45)49)41-32(50)55-14-18-6-8-19(9-7-18)46(51)52/h4-13,15-16,27,29,33H,14,17-19H2,1-3H3,(H,45,46,53,54);1-10,12-13,24,26,30,48H,11,14-16H2,(H,40,41,49,50)/t27?,29?,33-;24?,26?,30-/m11/s1. The summed E-state index contributed by atoms with van der Waals surface area (Å²) in [6, 6.07) is 30.8. The van der Waals surface area contributed by atoms with Gasteiger partial charge in [0.1, 0.15) is 65.7 Å². The maximum Gasteiger partial charge on any atom is 0.509 e. The number of hydrogen-bond donors (Lipinski definition) is 3. The number of aromatic nitrogens is 12. The van der Waals surface area contributed by atoms with E-state index in [9.17, 15) is 58.9 Å². The summed E-state index contributed by atoms with van der Waals surface area (Å²) in [5, 5.41) is 52.9. The zero-order valence-electron chi connectivity index (χ0n) is 61.0.